The van der Waals surface area contributed by atoms with E-state index in [0.29, 0.717) is 44.2 Å². The predicted molar refractivity (Wildman–Crippen MR) is 243 cm³/mol. The normalized spacial score (nSPS) is 15.5. The fourth-order valence-corrected chi connectivity index (χ4v) is 6.74. The van der Waals surface area contributed by atoms with Crippen LogP contribution in [0.3, 0.4) is 0 Å². The van der Waals surface area contributed by atoms with E-state index in [1.165, 1.54) is 31.2 Å². The molecule has 0 unspecified atom stereocenters. The first-order valence-corrected chi connectivity index (χ1v) is 22.5. The molecule has 1 aromatic carbocycles. The number of carboxylic acid groups (broad SMARTS) is 1. The van der Waals surface area contributed by atoms with E-state index in [1.807, 2.05) is 13.8 Å². The smallest absolute Gasteiger partial charge is 0.326 e. The van der Waals surface area contributed by atoms with Crippen molar-refractivity contribution in [3.05, 3.63) is 29.8 Å². The summed E-state index contributed by atoms with van der Waals surface area (Å²) >= 11 is 0. The van der Waals surface area contributed by atoms with Crippen LogP contribution in [0.5, 0.6) is 5.75 Å². The van der Waals surface area contributed by atoms with Gasteiger partial charge in [-0.3, -0.25) is 33.6 Å². The van der Waals surface area contributed by atoms with E-state index in [0.717, 1.165) is 0 Å². The molecule has 0 spiro atoms. The van der Waals surface area contributed by atoms with Crippen LogP contribution in [0.4, 0.5) is 0 Å². The van der Waals surface area contributed by atoms with Crippen molar-refractivity contribution in [3.8, 4) is 5.75 Å². The SMILES string of the molecule is CC[C@H](C)[C@H](NC(=O)[C@H](CCCCN)NC(=O)[C@H](CCCCN)NC(=O)[C@H](Cc1ccc(O)cc1)NC(=O)[C@@H](NC(=O)[C@@H](NC(=O)[C@H](CC(C)C)NC(=O)CN)C(C)C)[C@@H](C)O)C(=O)O. The number of aliphatic hydroxyl groups is 1. The van der Waals surface area contributed by atoms with Gasteiger partial charge in [0.25, 0.3) is 0 Å². The highest BCUT2D eigenvalue weighted by atomic mass is 16.4. The predicted octanol–water partition coefficient (Wildman–Crippen LogP) is -1.24. The molecule has 0 saturated heterocycles. The molecule has 0 radical (unpaired) electrons. The van der Waals surface area contributed by atoms with Crippen LogP contribution in [0, 0.1) is 17.8 Å². The van der Waals surface area contributed by atoms with Crippen molar-refractivity contribution in [2.24, 2.45) is 35.0 Å². The Morgan fingerprint density at radius 2 is 1.02 bits per heavy atom. The molecule has 0 aliphatic heterocycles. The van der Waals surface area contributed by atoms with E-state index < -0.39 is 108 Å². The van der Waals surface area contributed by atoms with Gasteiger partial charge < -0.3 is 69.7 Å². The fraction of sp³-hybridized carbons (Fsp3) is 0.682. The van der Waals surface area contributed by atoms with Crippen molar-refractivity contribution in [1.29, 1.82) is 0 Å². The Bertz CT molecular complexity index is 1700. The second-order valence-electron chi connectivity index (χ2n) is 17.2. The van der Waals surface area contributed by atoms with Gasteiger partial charge in [-0.05, 0) is 100 Å². The Labute approximate surface area is 382 Å². The van der Waals surface area contributed by atoms with Gasteiger partial charge in [0.1, 0.15) is 48.0 Å². The summed E-state index contributed by atoms with van der Waals surface area (Å²) in [4.78, 5) is 107. The molecule has 0 aromatic heterocycles. The third-order valence-corrected chi connectivity index (χ3v) is 10.8. The van der Waals surface area contributed by atoms with Crippen LogP contribution in [-0.4, -0.2) is 131 Å². The number of hydrogen-bond donors (Lipinski definition) is 13. The minimum atomic E-state index is -1.67. The lowest BCUT2D eigenvalue weighted by atomic mass is 9.98. The van der Waals surface area contributed by atoms with E-state index >= 15 is 0 Å². The number of benzene rings is 1. The van der Waals surface area contributed by atoms with Crippen LogP contribution in [0.15, 0.2) is 24.3 Å². The van der Waals surface area contributed by atoms with Crippen LogP contribution >= 0.6 is 0 Å². The maximum atomic E-state index is 14.3. The van der Waals surface area contributed by atoms with Crippen molar-refractivity contribution in [2.75, 3.05) is 19.6 Å². The highest BCUT2D eigenvalue weighted by Gasteiger charge is 2.36. The van der Waals surface area contributed by atoms with Gasteiger partial charge >= 0.3 is 5.97 Å². The van der Waals surface area contributed by atoms with Crippen LogP contribution in [0.1, 0.15) is 105 Å². The summed E-state index contributed by atoms with van der Waals surface area (Å²) in [6.07, 6.45) is 0.894. The van der Waals surface area contributed by atoms with E-state index in [4.69, 9.17) is 17.2 Å². The Morgan fingerprint density at radius 1 is 0.569 bits per heavy atom. The number of phenolic OH excluding ortho intramolecular Hbond substituents is 1. The Kier molecular flexibility index (Phi) is 26.6. The second kappa shape index (κ2) is 29.9. The van der Waals surface area contributed by atoms with Gasteiger partial charge in [-0.2, -0.15) is 0 Å². The highest BCUT2D eigenvalue weighted by molar-refractivity contribution is 5.97. The number of hydrogen-bond acceptors (Lipinski definition) is 13. The van der Waals surface area contributed by atoms with Gasteiger partial charge in [0.2, 0.25) is 41.4 Å². The maximum absolute atomic E-state index is 14.3. The van der Waals surface area contributed by atoms with Crippen LogP contribution in [0.2, 0.25) is 0 Å². The summed E-state index contributed by atoms with van der Waals surface area (Å²) in [5.74, 6) is -7.73. The zero-order chi connectivity index (χ0) is 49.4. The Balaban J connectivity index is 3.53. The number of rotatable bonds is 31. The molecule has 0 aliphatic carbocycles. The molecule has 21 heteroatoms. The van der Waals surface area contributed by atoms with Gasteiger partial charge in [0.15, 0.2) is 0 Å². The molecule has 9 atom stereocenters. The molecule has 65 heavy (non-hydrogen) atoms. The molecule has 16 N–H and O–H groups in total. The third kappa shape index (κ3) is 21.0. The summed E-state index contributed by atoms with van der Waals surface area (Å²) in [6, 6.07) is -3.32. The molecule has 1 aromatic rings. The van der Waals surface area contributed by atoms with Crippen LogP contribution in [-0.2, 0) is 44.8 Å². The van der Waals surface area contributed by atoms with Crippen molar-refractivity contribution in [3.63, 3.8) is 0 Å². The van der Waals surface area contributed by atoms with Gasteiger partial charge in [-0.15, -0.1) is 0 Å². The summed E-state index contributed by atoms with van der Waals surface area (Å²) in [7, 11) is 0. The highest BCUT2D eigenvalue weighted by Crippen LogP contribution is 2.15. The molecule has 0 bridgehead atoms. The molecular formula is C44H76N10O11. The van der Waals surface area contributed by atoms with Crippen LogP contribution in [0.25, 0.3) is 0 Å². The zero-order valence-corrected chi connectivity index (χ0v) is 39.0. The molecule has 0 saturated carbocycles. The van der Waals surface area contributed by atoms with E-state index in [-0.39, 0.29) is 50.4 Å². The number of nitrogens with two attached hydrogens (primary N) is 3. The number of aliphatic hydroxyl groups excluding tert-OH is 1. The van der Waals surface area contributed by atoms with Crippen molar-refractivity contribution in [1.82, 2.24) is 37.2 Å². The Hall–Kier alpha value is -5.38. The molecule has 368 valence electrons. The number of carbonyl (C=O) groups excluding carboxylic acids is 7. The molecule has 0 heterocycles. The Morgan fingerprint density at radius 3 is 1.46 bits per heavy atom. The van der Waals surface area contributed by atoms with Gasteiger partial charge in [-0.25, -0.2) is 4.79 Å². The molecule has 0 aliphatic rings. The number of aliphatic carboxylic acids is 1. The van der Waals surface area contributed by atoms with Crippen molar-refractivity contribution >= 4 is 47.3 Å². The van der Waals surface area contributed by atoms with Crippen molar-refractivity contribution in [2.45, 2.75) is 155 Å². The quantitative estimate of drug-likeness (QED) is 0.0388. The van der Waals surface area contributed by atoms with E-state index in [1.54, 1.807) is 27.7 Å². The number of nitrogens with one attached hydrogen (secondary N) is 7. The molecular weight excluding hydrogens is 845 g/mol. The lowest BCUT2D eigenvalue weighted by molar-refractivity contribution is -0.144. The number of aromatic hydroxyl groups is 1. The van der Waals surface area contributed by atoms with E-state index in [9.17, 15) is 53.7 Å². The number of amides is 7. The van der Waals surface area contributed by atoms with Gasteiger partial charge in [0.05, 0.1) is 12.6 Å². The third-order valence-electron chi connectivity index (χ3n) is 10.8. The second-order valence-corrected chi connectivity index (χ2v) is 17.2. The topological polar surface area (TPSA) is 360 Å². The molecule has 1 rings (SSSR count). The number of unbranched alkanes of at least 4 members (excludes halogenated alkanes) is 2. The zero-order valence-electron chi connectivity index (χ0n) is 39.0. The summed E-state index contributed by atoms with van der Waals surface area (Å²) < 4.78 is 0. The number of phenols is 1. The minimum absolute atomic E-state index is 0.0245. The monoisotopic (exact) mass is 921 g/mol. The summed E-state index contributed by atoms with van der Waals surface area (Å²) in [6.45, 7) is 11.9. The molecule has 0 fully saturated rings. The average molecular weight is 921 g/mol. The van der Waals surface area contributed by atoms with Crippen LogP contribution < -0.4 is 54.4 Å². The fourth-order valence-electron chi connectivity index (χ4n) is 6.74. The number of carbonyl (C=O) groups is 8. The first-order chi connectivity index (χ1) is 30.6. The first kappa shape index (κ1) is 57.6. The maximum Gasteiger partial charge on any atom is 0.326 e. The lowest BCUT2D eigenvalue weighted by Gasteiger charge is -2.30. The first-order valence-electron chi connectivity index (χ1n) is 22.5. The van der Waals surface area contributed by atoms with E-state index in [2.05, 4.69) is 37.2 Å². The lowest BCUT2D eigenvalue weighted by Crippen LogP contribution is -2.62. The average Bonchev–Trinajstić information content (AvgIpc) is 3.24. The van der Waals surface area contributed by atoms with Gasteiger partial charge in [-0.1, -0.05) is 60.1 Å². The van der Waals surface area contributed by atoms with Gasteiger partial charge in [0, 0.05) is 6.42 Å². The largest absolute Gasteiger partial charge is 0.508 e. The van der Waals surface area contributed by atoms with Crippen molar-refractivity contribution < 1.29 is 53.7 Å². The molecule has 21 nitrogen and oxygen atoms in total. The minimum Gasteiger partial charge on any atom is -0.508 e. The molecule has 7 amide bonds. The standard InChI is InChI=1S/C44H76N10O11/c1-8-26(6)36(44(64)65)53-39(59)31(14-10-12-20-46)49-38(58)30(13-9-11-19-45)50-40(60)33(22-28-15-17-29(56)18-16-28)51-43(63)37(27(7)55)54-42(62)35(25(4)5)52-41(61)32(21-24(2)3)48-34(57)23-47/h15-18,24-27,30-33,35-37,55-56H,8-14,19-23,45-47H2,1-7H3,(H,48,57)(H,49,58)(H,50,60)(H,51,63)(H,52,61)(H,53,59)(H,54,62)(H,64,65)/t26-,27+,30-,31-,32-,33-,35-,36-,37-/m0/s1. The number of carboxylic acids is 1. The summed E-state index contributed by atoms with van der Waals surface area (Å²) in [5.41, 5.74) is 17.3. The summed E-state index contributed by atoms with van der Waals surface area (Å²) in [5, 5.41) is 48.7.